The van der Waals surface area contributed by atoms with Crippen molar-refractivity contribution < 1.29 is 9.13 Å². The first kappa shape index (κ1) is 17.0. The Balaban J connectivity index is 2.64. The molecule has 0 aliphatic carbocycles. The number of benzene rings is 1. The van der Waals surface area contributed by atoms with Crippen LogP contribution < -0.4 is 10.1 Å². The normalized spacial score (nSPS) is 12.7. The number of ether oxygens (including phenoxy) is 1. The Bertz CT molecular complexity index is 393. The highest BCUT2D eigenvalue weighted by Crippen LogP contribution is 2.26. The van der Waals surface area contributed by atoms with Crippen LogP contribution in [-0.4, -0.2) is 13.2 Å². The highest BCUT2D eigenvalue weighted by molar-refractivity contribution is 5.36. The second-order valence-corrected chi connectivity index (χ2v) is 5.74. The van der Waals surface area contributed by atoms with E-state index in [0.717, 1.165) is 37.1 Å². The zero-order chi connectivity index (χ0) is 15.0. The van der Waals surface area contributed by atoms with Gasteiger partial charge in [0.1, 0.15) is 11.6 Å². The highest BCUT2D eigenvalue weighted by Gasteiger charge is 2.12. The van der Waals surface area contributed by atoms with Gasteiger partial charge in [0.15, 0.2) is 0 Å². The number of hydrogen-bond donors (Lipinski definition) is 1. The fraction of sp³-hybridized carbons (Fsp3) is 0.647. The van der Waals surface area contributed by atoms with Gasteiger partial charge in [-0.05, 0) is 56.8 Å². The van der Waals surface area contributed by atoms with E-state index in [2.05, 4.69) is 26.1 Å². The smallest absolute Gasteiger partial charge is 0.124 e. The van der Waals surface area contributed by atoms with Crippen molar-refractivity contribution in [3.63, 3.8) is 0 Å². The van der Waals surface area contributed by atoms with Crippen molar-refractivity contribution in [2.75, 3.05) is 13.2 Å². The van der Waals surface area contributed by atoms with Crippen LogP contribution in [0.15, 0.2) is 18.2 Å². The van der Waals surface area contributed by atoms with E-state index in [4.69, 9.17) is 4.74 Å². The average molecular weight is 281 g/mol. The Morgan fingerprint density at radius 2 is 2.00 bits per heavy atom. The van der Waals surface area contributed by atoms with Gasteiger partial charge in [0.2, 0.25) is 0 Å². The molecule has 1 aromatic rings. The molecule has 0 saturated heterocycles. The van der Waals surface area contributed by atoms with Crippen molar-refractivity contribution in [3.05, 3.63) is 29.6 Å². The van der Waals surface area contributed by atoms with Crippen LogP contribution in [0.5, 0.6) is 5.75 Å². The van der Waals surface area contributed by atoms with E-state index < -0.39 is 0 Å². The van der Waals surface area contributed by atoms with Gasteiger partial charge < -0.3 is 10.1 Å². The number of hydrogen-bond acceptors (Lipinski definition) is 2. The molecule has 3 heteroatoms. The molecule has 0 spiro atoms. The van der Waals surface area contributed by atoms with Crippen molar-refractivity contribution in [1.82, 2.24) is 5.32 Å². The van der Waals surface area contributed by atoms with E-state index in [1.54, 1.807) is 12.1 Å². The number of halogens is 1. The van der Waals surface area contributed by atoms with Crippen LogP contribution in [0.3, 0.4) is 0 Å². The Kier molecular flexibility index (Phi) is 7.60. The number of nitrogens with one attached hydrogen (secondary N) is 1. The van der Waals surface area contributed by atoms with Crippen LogP contribution in [0.1, 0.15) is 58.6 Å². The minimum atomic E-state index is -0.209. The fourth-order valence-electron chi connectivity index (χ4n) is 2.13. The van der Waals surface area contributed by atoms with Crippen molar-refractivity contribution in [2.24, 2.45) is 5.92 Å². The summed E-state index contributed by atoms with van der Waals surface area (Å²) in [6.07, 6.45) is 3.25. The minimum Gasteiger partial charge on any atom is -0.493 e. The summed E-state index contributed by atoms with van der Waals surface area (Å²) >= 11 is 0. The molecule has 20 heavy (non-hydrogen) atoms. The number of rotatable bonds is 9. The molecular formula is C17H28FNO. The van der Waals surface area contributed by atoms with Gasteiger partial charge in [-0.3, -0.25) is 0 Å². The van der Waals surface area contributed by atoms with E-state index in [-0.39, 0.29) is 11.9 Å². The quantitative estimate of drug-likeness (QED) is 0.662. The summed E-state index contributed by atoms with van der Waals surface area (Å²) in [5, 5.41) is 3.38. The first-order valence-electron chi connectivity index (χ1n) is 7.70. The maximum Gasteiger partial charge on any atom is 0.124 e. The van der Waals surface area contributed by atoms with E-state index in [1.807, 2.05) is 6.92 Å². The summed E-state index contributed by atoms with van der Waals surface area (Å²) in [4.78, 5) is 0. The van der Waals surface area contributed by atoms with Gasteiger partial charge in [-0.25, -0.2) is 4.39 Å². The molecular weight excluding hydrogens is 253 g/mol. The summed E-state index contributed by atoms with van der Waals surface area (Å²) in [6, 6.07) is 4.88. The molecule has 0 aromatic heterocycles. The molecule has 0 radical (unpaired) electrons. The second kappa shape index (κ2) is 8.96. The van der Waals surface area contributed by atoms with Crippen molar-refractivity contribution in [1.29, 1.82) is 0 Å². The van der Waals surface area contributed by atoms with Crippen molar-refractivity contribution in [2.45, 2.75) is 53.0 Å². The van der Waals surface area contributed by atoms with E-state index in [1.165, 1.54) is 6.07 Å². The Hall–Kier alpha value is -1.09. The minimum absolute atomic E-state index is 0.103. The topological polar surface area (TPSA) is 21.3 Å². The molecule has 0 amide bonds. The molecule has 0 aliphatic heterocycles. The van der Waals surface area contributed by atoms with E-state index in [0.29, 0.717) is 12.5 Å². The molecule has 1 rings (SSSR count). The molecule has 0 fully saturated rings. The first-order chi connectivity index (χ1) is 9.54. The molecule has 1 N–H and O–H groups in total. The predicted molar refractivity (Wildman–Crippen MR) is 82.7 cm³/mol. The second-order valence-electron chi connectivity index (χ2n) is 5.74. The Labute approximate surface area is 122 Å². The van der Waals surface area contributed by atoms with Crippen LogP contribution in [-0.2, 0) is 0 Å². The molecule has 1 aromatic carbocycles. The SMILES string of the molecule is CCCNC(C)c1cc(F)ccc1OCCCC(C)C. The lowest BCUT2D eigenvalue weighted by Crippen LogP contribution is -2.20. The molecule has 2 nitrogen and oxygen atoms in total. The molecule has 0 saturated carbocycles. The van der Waals surface area contributed by atoms with E-state index in [9.17, 15) is 4.39 Å². The fourth-order valence-corrected chi connectivity index (χ4v) is 2.13. The summed E-state index contributed by atoms with van der Waals surface area (Å²) in [5.74, 6) is 1.28. The Morgan fingerprint density at radius 1 is 1.25 bits per heavy atom. The Morgan fingerprint density at radius 3 is 2.65 bits per heavy atom. The predicted octanol–water partition coefficient (Wildman–Crippen LogP) is 4.70. The van der Waals surface area contributed by atoms with Gasteiger partial charge >= 0.3 is 0 Å². The zero-order valence-corrected chi connectivity index (χ0v) is 13.2. The maximum atomic E-state index is 13.4. The lowest BCUT2D eigenvalue weighted by atomic mass is 10.1. The lowest BCUT2D eigenvalue weighted by molar-refractivity contribution is 0.292. The van der Waals surface area contributed by atoms with Crippen molar-refractivity contribution >= 4 is 0 Å². The van der Waals surface area contributed by atoms with Gasteiger partial charge in [0.05, 0.1) is 6.61 Å². The maximum absolute atomic E-state index is 13.4. The van der Waals surface area contributed by atoms with Crippen LogP contribution in [0.25, 0.3) is 0 Å². The largest absolute Gasteiger partial charge is 0.493 e. The first-order valence-corrected chi connectivity index (χ1v) is 7.70. The monoisotopic (exact) mass is 281 g/mol. The third kappa shape index (κ3) is 5.91. The van der Waals surface area contributed by atoms with Gasteiger partial charge in [-0.2, -0.15) is 0 Å². The lowest BCUT2D eigenvalue weighted by Gasteiger charge is -2.18. The van der Waals surface area contributed by atoms with Gasteiger partial charge in [0, 0.05) is 11.6 Å². The van der Waals surface area contributed by atoms with Crippen LogP contribution in [0.4, 0.5) is 4.39 Å². The van der Waals surface area contributed by atoms with Crippen LogP contribution in [0, 0.1) is 11.7 Å². The third-order valence-corrected chi connectivity index (χ3v) is 3.32. The molecule has 114 valence electrons. The summed E-state index contributed by atoms with van der Waals surface area (Å²) in [7, 11) is 0. The molecule has 0 aliphatic rings. The van der Waals surface area contributed by atoms with Crippen LogP contribution in [0.2, 0.25) is 0 Å². The molecule has 0 bridgehead atoms. The summed E-state index contributed by atoms with van der Waals surface area (Å²) < 4.78 is 19.3. The summed E-state index contributed by atoms with van der Waals surface area (Å²) in [5.41, 5.74) is 0.906. The molecule has 1 atom stereocenters. The third-order valence-electron chi connectivity index (χ3n) is 3.32. The van der Waals surface area contributed by atoms with Crippen LogP contribution >= 0.6 is 0 Å². The molecule has 0 heterocycles. The van der Waals surface area contributed by atoms with Gasteiger partial charge in [0.25, 0.3) is 0 Å². The highest BCUT2D eigenvalue weighted by atomic mass is 19.1. The zero-order valence-electron chi connectivity index (χ0n) is 13.2. The standard InChI is InChI=1S/C17H28FNO/c1-5-10-19-14(4)16-12-15(18)8-9-17(16)20-11-6-7-13(2)3/h8-9,12-14,19H,5-7,10-11H2,1-4H3. The van der Waals surface area contributed by atoms with Crippen molar-refractivity contribution in [3.8, 4) is 5.75 Å². The van der Waals surface area contributed by atoms with Gasteiger partial charge in [-0.1, -0.05) is 20.8 Å². The molecule has 1 unspecified atom stereocenters. The van der Waals surface area contributed by atoms with Gasteiger partial charge in [-0.15, -0.1) is 0 Å². The summed E-state index contributed by atoms with van der Waals surface area (Å²) in [6.45, 7) is 10.2. The van der Waals surface area contributed by atoms with E-state index >= 15 is 0 Å². The average Bonchev–Trinajstić information content (AvgIpc) is 2.41.